The summed E-state index contributed by atoms with van der Waals surface area (Å²) in [5.74, 6) is 0.887. The van der Waals surface area contributed by atoms with E-state index in [0.29, 0.717) is 0 Å². The first-order valence-corrected chi connectivity index (χ1v) is 9.78. The van der Waals surface area contributed by atoms with E-state index in [2.05, 4.69) is 60.7 Å². The molecule has 4 rings (SSSR count). The Morgan fingerprint density at radius 1 is 0.962 bits per heavy atom. The lowest BCUT2D eigenvalue weighted by Gasteiger charge is -2.10. The summed E-state index contributed by atoms with van der Waals surface area (Å²) < 4.78 is 9.75. The highest BCUT2D eigenvalue weighted by Crippen LogP contribution is 2.31. The van der Waals surface area contributed by atoms with Crippen molar-refractivity contribution in [1.29, 1.82) is 0 Å². The van der Waals surface area contributed by atoms with Crippen LogP contribution in [0.3, 0.4) is 0 Å². The average molecular weight is 472 g/mol. The highest BCUT2D eigenvalue weighted by molar-refractivity contribution is 9.10. The van der Waals surface area contributed by atoms with Crippen LogP contribution in [0.25, 0.3) is 16.9 Å². The number of pyridine rings is 1. The summed E-state index contributed by atoms with van der Waals surface area (Å²) in [6, 6.07) is 20.4. The van der Waals surface area contributed by atoms with Crippen LogP contribution in [0.1, 0.15) is 11.3 Å². The number of imidazole rings is 1. The van der Waals surface area contributed by atoms with Crippen molar-refractivity contribution in [2.75, 3.05) is 7.11 Å². The molecular weight excluding hydrogens is 456 g/mol. The van der Waals surface area contributed by atoms with Crippen molar-refractivity contribution < 1.29 is 4.74 Å². The molecule has 0 fully saturated rings. The minimum absolute atomic E-state index is 0.726. The Labute approximate surface area is 168 Å². The molecule has 26 heavy (non-hydrogen) atoms. The van der Waals surface area contributed by atoms with Gasteiger partial charge in [0.1, 0.15) is 11.4 Å². The molecule has 3 nitrogen and oxygen atoms in total. The lowest BCUT2D eigenvalue weighted by atomic mass is 10.0. The molecule has 2 aromatic carbocycles. The lowest BCUT2D eigenvalue weighted by Crippen LogP contribution is -1.99. The molecule has 0 atom stereocenters. The minimum Gasteiger partial charge on any atom is -0.496 e. The van der Waals surface area contributed by atoms with E-state index in [1.165, 1.54) is 0 Å². The fraction of sp³-hybridized carbons (Fsp3) is 0.0952. The first-order chi connectivity index (χ1) is 12.7. The Kier molecular flexibility index (Phi) is 4.83. The molecular formula is C21H16Br2N2O. The van der Waals surface area contributed by atoms with E-state index in [4.69, 9.17) is 9.72 Å². The van der Waals surface area contributed by atoms with Gasteiger partial charge >= 0.3 is 0 Å². The number of ether oxygens (including phenoxy) is 1. The molecule has 130 valence electrons. The predicted octanol–water partition coefficient (Wildman–Crippen LogP) is 6.13. The standard InChI is InChI=1S/C21H16Br2N2O/c1-26-19-8-3-2-5-14(19)12-18-21(15-6-4-7-16(22)11-15)24-20-10-9-17(23)13-25(18)20/h2-11,13H,12H2,1H3. The Morgan fingerprint density at radius 3 is 2.62 bits per heavy atom. The van der Waals surface area contributed by atoms with Gasteiger partial charge in [-0.1, -0.05) is 46.3 Å². The number of para-hydroxylation sites is 1. The van der Waals surface area contributed by atoms with Crippen LogP contribution in [-0.2, 0) is 6.42 Å². The molecule has 0 N–H and O–H groups in total. The summed E-state index contributed by atoms with van der Waals surface area (Å²) in [5, 5.41) is 0. The van der Waals surface area contributed by atoms with Gasteiger partial charge in [-0.25, -0.2) is 4.98 Å². The number of nitrogens with zero attached hydrogens (tertiary/aromatic N) is 2. The largest absolute Gasteiger partial charge is 0.496 e. The van der Waals surface area contributed by atoms with Gasteiger partial charge in [0.25, 0.3) is 0 Å². The summed E-state index contributed by atoms with van der Waals surface area (Å²) >= 11 is 7.14. The number of hydrogen-bond donors (Lipinski definition) is 0. The zero-order valence-electron chi connectivity index (χ0n) is 14.1. The molecule has 0 saturated heterocycles. The molecule has 0 aliphatic carbocycles. The normalized spacial score (nSPS) is 11.0. The van der Waals surface area contributed by atoms with Gasteiger partial charge in [-0.05, 0) is 46.3 Å². The molecule has 0 amide bonds. The third kappa shape index (κ3) is 3.29. The van der Waals surface area contributed by atoms with Crippen LogP contribution in [0, 0.1) is 0 Å². The third-order valence-corrected chi connectivity index (χ3v) is 5.29. The Morgan fingerprint density at radius 2 is 1.81 bits per heavy atom. The van der Waals surface area contributed by atoms with Gasteiger partial charge in [0.2, 0.25) is 0 Å². The van der Waals surface area contributed by atoms with Crippen LogP contribution < -0.4 is 4.74 Å². The Balaban J connectivity index is 1.93. The monoisotopic (exact) mass is 470 g/mol. The number of halogens is 2. The summed E-state index contributed by atoms with van der Waals surface area (Å²) in [7, 11) is 1.71. The maximum absolute atomic E-state index is 5.55. The van der Waals surface area contributed by atoms with Gasteiger partial charge in [0.05, 0.1) is 18.5 Å². The lowest BCUT2D eigenvalue weighted by molar-refractivity contribution is 0.410. The van der Waals surface area contributed by atoms with Crippen molar-refractivity contribution in [2.24, 2.45) is 0 Å². The van der Waals surface area contributed by atoms with Gasteiger partial charge < -0.3 is 9.14 Å². The van der Waals surface area contributed by atoms with E-state index in [1.54, 1.807) is 7.11 Å². The highest BCUT2D eigenvalue weighted by atomic mass is 79.9. The van der Waals surface area contributed by atoms with Crippen LogP contribution in [-0.4, -0.2) is 16.5 Å². The summed E-state index contributed by atoms with van der Waals surface area (Å²) in [5.41, 5.74) is 5.25. The van der Waals surface area contributed by atoms with Crippen LogP contribution in [0.4, 0.5) is 0 Å². The fourth-order valence-corrected chi connectivity index (χ4v) is 3.87. The molecule has 0 bridgehead atoms. The van der Waals surface area contributed by atoms with Crippen molar-refractivity contribution >= 4 is 37.5 Å². The Hall–Kier alpha value is -2.11. The fourth-order valence-electron chi connectivity index (χ4n) is 3.13. The molecule has 5 heteroatoms. The molecule has 4 aromatic rings. The first-order valence-electron chi connectivity index (χ1n) is 8.20. The minimum atomic E-state index is 0.726. The Bertz CT molecular complexity index is 1090. The zero-order valence-corrected chi connectivity index (χ0v) is 17.3. The van der Waals surface area contributed by atoms with Crippen LogP contribution in [0.2, 0.25) is 0 Å². The van der Waals surface area contributed by atoms with Gasteiger partial charge in [0, 0.05) is 32.7 Å². The number of hydrogen-bond acceptors (Lipinski definition) is 2. The molecule has 0 spiro atoms. The van der Waals surface area contributed by atoms with E-state index in [-0.39, 0.29) is 0 Å². The SMILES string of the molecule is COc1ccccc1Cc1c(-c2cccc(Br)c2)nc2ccc(Br)cn12. The summed E-state index contributed by atoms with van der Waals surface area (Å²) in [6.45, 7) is 0. The number of aromatic nitrogens is 2. The quantitative estimate of drug-likeness (QED) is 0.358. The van der Waals surface area contributed by atoms with Crippen LogP contribution in [0.5, 0.6) is 5.75 Å². The zero-order chi connectivity index (χ0) is 18.1. The van der Waals surface area contributed by atoms with Crippen molar-refractivity contribution in [3.05, 3.63) is 87.1 Å². The first kappa shape index (κ1) is 17.3. The second kappa shape index (κ2) is 7.25. The summed E-state index contributed by atoms with van der Waals surface area (Å²) in [4.78, 5) is 4.90. The third-order valence-electron chi connectivity index (χ3n) is 4.33. The maximum atomic E-state index is 5.55. The van der Waals surface area contributed by atoms with E-state index < -0.39 is 0 Å². The molecule has 2 aromatic heterocycles. The maximum Gasteiger partial charge on any atom is 0.137 e. The molecule has 0 radical (unpaired) electrons. The molecule has 0 aliphatic rings. The number of rotatable bonds is 4. The predicted molar refractivity (Wildman–Crippen MR) is 112 cm³/mol. The number of fused-ring (bicyclic) bond motifs is 1. The molecule has 0 aliphatic heterocycles. The van der Waals surface area contributed by atoms with Gasteiger partial charge in [-0.3, -0.25) is 0 Å². The highest BCUT2D eigenvalue weighted by Gasteiger charge is 2.16. The topological polar surface area (TPSA) is 26.5 Å². The van der Waals surface area contributed by atoms with Gasteiger partial charge in [0.15, 0.2) is 0 Å². The number of benzene rings is 2. The van der Waals surface area contributed by atoms with Gasteiger partial charge in [-0.2, -0.15) is 0 Å². The molecule has 0 saturated carbocycles. The van der Waals surface area contributed by atoms with Gasteiger partial charge in [-0.15, -0.1) is 0 Å². The smallest absolute Gasteiger partial charge is 0.137 e. The van der Waals surface area contributed by atoms with E-state index in [1.807, 2.05) is 42.5 Å². The van der Waals surface area contributed by atoms with E-state index >= 15 is 0 Å². The average Bonchev–Trinajstić information content (AvgIpc) is 3.00. The van der Waals surface area contributed by atoms with Crippen molar-refractivity contribution in [1.82, 2.24) is 9.38 Å². The van der Waals surface area contributed by atoms with E-state index in [0.717, 1.165) is 49.3 Å². The molecule has 0 unspecified atom stereocenters. The summed E-state index contributed by atoms with van der Waals surface area (Å²) in [6.07, 6.45) is 2.79. The second-order valence-corrected chi connectivity index (χ2v) is 7.81. The molecule has 2 heterocycles. The van der Waals surface area contributed by atoms with Crippen LogP contribution >= 0.6 is 31.9 Å². The second-order valence-electron chi connectivity index (χ2n) is 5.98. The van der Waals surface area contributed by atoms with Crippen molar-refractivity contribution in [3.8, 4) is 17.0 Å². The van der Waals surface area contributed by atoms with Crippen molar-refractivity contribution in [2.45, 2.75) is 6.42 Å². The number of methoxy groups -OCH3 is 1. The van der Waals surface area contributed by atoms with E-state index in [9.17, 15) is 0 Å². The van der Waals surface area contributed by atoms with Crippen molar-refractivity contribution in [3.63, 3.8) is 0 Å². The van der Waals surface area contributed by atoms with Crippen LogP contribution in [0.15, 0.2) is 75.8 Å².